The third-order valence-electron chi connectivity index (χ3n) is 7.40. The standard InChI is InChI=1S/C32H52N2O4/c1-3-5-6-7-8-9-10-11-12-13-14-15-19-24-29(4-2)38-26-21-20-25-33-30(35)27-31(36)34(32(33)37)28-22-17-16-18-23-28/h16-18,22-23,27,29,35H,3-15,19-21,24-26H2,1-2H3. The summed E-state index contributed by atoms with van der Waals surface area (Å²) >= 11 is 0. The van der Waals surface area contributed by atoms with Crippen LogP contribution >= 0.6 is 0 Å². The highest BCUT2D eigenvalue weighted by atomic mass is 16.5. The van der Waals surface area contributed by atoms with Crippen LogP contribution in [0.4, 0.5) is 0 Å². The second kappa shape index (κ2) is 19.7. The molecule has 2 rings (SSSR count). The highest BCUT2D eigenvalue weighted by Gasteiger charge is 2.12. The lowest BCUT2D eigenvalue weighted by atomic mass is 10.0. The monoisotopic (exact) mass is 528 g/mol. The summed E-state index contributed by atoms with van der Waals surface area (Å²) in [4.78, 5) is 25.2. The minimum Gasteiger partial charge on any atom is -0.494 e. The zero-order valence-electron chi connectivity index (χ0n) is 24.0. The van der Waals surface area contributed by atoms with Crippen molar-refractivity contribution in [3.8, 4) is 11.6 Å². The summed E-state index contributed by atoms with van der Waals surface area (Å²) in [6, 6.07) is 9.90. The molecule has 0 radical (unpaired) electrons. The number of hydrogen-bond acceptors (Lipinski definition) is 4. The lowest BCUT2D eigenvalue weighted by Gasteiger charge is -2.16. The van der Waals surface area contributed by atoms with Crippen molar-refractivity contribution in [1.29, 1.82) is 0 Å². The molecular weight excluding hydrogens is 476 g/mol. The van der Waals surface area contributed by atoms with Crippen LogP contribution in [-0.4, -0.2) is 27.0 Å². The fraction of sp³-hybridized carbons (Fsp3) is 0.688. The number of unbranched alkanes of at least 4 members (excludes halogenated alkanes) is 13. The maximum atomic E-state index is 12.9. The van der Waals surface area contributed by atoms with Gasteiger partial charge in [-0.25, -0.2) is 9.36 Å². The van der Waals surface area contributed by atoms with Crippen LogP contribution in [0.15, 0.2) is 46.0 Å². The minimum atomic E-state index is -0.530. The molecule has 0 amide bonds. The molecule has 0 bridgehead atoms. The average Bonchev–Trinajstić information content (AvgIpc) is 2.92. The molecule has 0 aliphatic carbocycles. The molecule has 0 saturated carbocycles. The van der Waals surface area contributed by atoms with E-state index in [1.807, 2.05) is 6.07 Å². The Morgan fingerprint density at radius 2 is 1.34 bits per heavy atom. The molecule has 1 atom stereocenters. The van der Waals surface area contributed by atoms with Crippen LogP contribution in [0.25, 0.3) is 5.69 Å². The summed E-state index contributed by atoms with van der Waals surface area (Å²) in [5.41, 5.74) is -0.549. The van der Waals surface area contributed by atoms with Crippen molar-refractivity contribution in [2.75, 3.05) is 6.61 Å². The molecule has 0 spiro atoms. The van der Waals surface area contributed by atoms with Gasteiger partial charge in [0.25, 0.3) is 5.56 Å². The number of para-hydroxylation sites is 1. The number of aromatic nitrogens is 2. The maximum absolute atomic E-state index is 12.9. The molecule has 1 aromatic heterocycles. The molecule has 1 unspecified atom stereocenters. The lowest BCUT2D eigenvalue weighted by Crippen LogP contribution is -2.38. The fourth-order valence-electron chi connectivity index (χ4n) is 5.01. The SMILES string of the molecule is CCCCCCCCCCCCCCCC(CC)OCCCCn1c(O)cc(=O)n(-c2ccccc2)c1=O. The van der Waals surface area contributed by atoms with E-state index >= 15 is 0 Å². The molecule has 0 aliphatic rings. The molecule has 1 N–H and O–H groups in total. The second-order valence-corrected chi connectivity index (χ2v) is 10.6. The van der Waals surface area contributed by atoms with Gasteiger partial charge in [0.05, 0.1) is 17.9 Å². The molecule has 0 saturated heterocycles. The van der Waals surface area contributed by atoms with Crippen LogP contribution in [0.2, 0.25) is 0 Å². The normalized spacial score (nSPS) is 12.2. The number of rotatable bonds is 22. The summed E-state index contributed by atoms with van der Waals surface area (Å²) in [5, 5.41) is 10.2. The Hall–Kier alpha value is -2.34. The first-order chi connectivity index (χ1) is 18.6. The minimum absolute atomic E-state index is 0.290. The van der Waals surface area contributed by atoms with Gasteiger partial charge in [-0.3, -0.25) is 9.36 Å². The summed E-state index contributed by atoms with van der Waals surface area (Å²) < 4.78 is 8.46. The van der Waals surface area contributed by atoms with Gasteiger partial charge in [0, 0.05) is 13.2 Å². The molecule has 0 fully saturated rings. The maximum Gasteiger partial charge on any atom is 0.338 e. The first kappa shape index (κ1) is 31.9. The van der Waals surface area contributed by atoms with Crippen molar-refractivity contribution in [2.24, 2.45) is 0 Å². The molecule has 214 valence electrons. The zero-order valence-corrected chi connectivity index (χ0v) is 24.0. The fourth-order valence-corrected chi connectivity index (χ4v) is 5.01. The van der Waals surface area contributed by atoms with Gasteiger partial charge in [0.1, 0.15) is 0 Å². The van der Waals surface area contributed by atoms with Crippen LogP contribution in [0.1, 0.15) is 123 Å². The van der Waals surface area contributed by atoms with Gasteiger partial charge in [-0.1, -0.05) is 116 Å². The molecule has 2 aromatic rings. The number of ether oxygens (including phenoxy) is 1. The van der Waals surface area contributed by atoms with Gasteiger partial charge in [0.15, 0.2) is 0 Å². The third-order valence-corrected chi connectivity index (χ3v) is 7.40. The Morgan fingerprint density at radius 1 is 0.763 bits per heavy atom. The molecule has 1 aromatic carbocycles. The van der Waals surface area contributed by atoms with E-state index in [0.717, 1.165) is 29.9 Å². The van der Waals surface area contributed by atoms with E-state index in [9.17, 15) is 14.7 Å². The molecular formula is C32H52N2O4. The second-order valence-electron chi connectivity index (χ2n) is 10.6. The Morgan fingerprint density at radius 3 is 1.92 bits per heavy atom. The van der Waals surface area contributed by atoms with E-state index < -0.39 is 11.2 Å². The quantitative estimate of drug-likeness (QED) is 0.158. The Kier molecular flexibility index (Phi) is 16.5. The molecule has 6 heteroatoms. The van der Waals surface area contributed by atoms with Crippen LogP contribution < -0.4 is 11.2 Å². The van der Waals surface area contributed by atoms with Crippen molar-refractivity contribution in [3.63, 3.8) is 0 Å². The lowest BCUT2D eigenvalue weighted by molar-refractivity contribution is 0.0403. The van der Waals surface area contributed by atoms with E-state index in [2.05, 4.69) is 13.8 Å². The number of nitrogens with zero attached hydrogens (tertiary/aromatic N) is 2. The van der Waals surface area contributed by atoms with Crippen LogP contribution in [0.5, 0.6) is 5.88 Å². The summed E-state index contributed by atoms with van der Waals surface area (Å²) in [6.07, 6.45) is 21.7. The molecule has 38 heavy (non-hydrogen) atoms. The van der Waals surface area contributed by atoms with E-state index in [-0.39, 0.29) is 5.88 Å². The van der Waals surface area contributed by atoms with Crippen LogP contribution in [0, 0.1) is 0 Å². The van der Waals surface area contributed by atoms with Crippen molar-refractivity contribution in [1.82, 2.24) is 9.13 Å². The van der Waals surface area contributed by atoms with E-state index in [0.29, 0.717) is 31.4 Å². The van der Waals surface area contributed by atoms with Crippen molar-refractivity contribution in [3.05, 3.63) is 57.2 Å². The van der Waals surface area contributed by atoms with E-state index in [4.69, 9.17) is 4.74 Å². The highest BCUT2D eigenvalue weighted by Crippen LogP contribution is 2.15. The number of aromatic hydroxyl groups is 1. The van der Waals surface area contributed by atoms with Gasteiger partial charge in [-0.2, -0.15) is 0 Å². The molecule has 1 heterocycles. The van der Waals surface area contributed by atoms with Gasteiger partial charge in [-0.15, -0.1) is 0 Å². The summed E-state index contributed by atoms with van der Waals surface area (Å²) in [7, 11) is 0. The zero-order chi connectivity index (χ0) is 27.4. The smallest absolute Gasteiger partial charge is 0.338 e. The van der Waals surface area contributed by atoms with Gasteiger partial charge < -0.3 is 9.84 Å². The van der Waals surface area contributed by atoms with E-state index in [1.165, 1.54) is 88.0 Å². The first-order valence-electron chi connectivity index (χ1n) is 15.3. The summed E-state index contributed by atoms with van der Waals surface area (Å²) in [5.74, 6) is -0.290. The predicted octanol–water partition coefficient (Wildman–Crippen LogP) is 7.76. The van der Waals surface area contributed by atoms with Gasteiger partial charge in [-0.05, 0) is 37.8 Å². The first-order valence-corrected chi connectivity index (χ1v) is 15.3. The topological polar surface area (TPSA) is 73.5 Å². The molecule has 0 aliphatic heterocycles. The average molecular weight is 529 g/mol. The Bertz CT molecular complexity index is 983. The third kappa shape index (κ3) is 12.0. The molecule has 6 nitrogen and oxygen atoms in total. The van der Waals surface area contributed by atoms with Gasteiger partial charge in [0.2, 0.25) is 5.88 Å². The van der Waals surface area contributed by atoms with Crippen LogP contribution in [0.3, 0.4) is 0 Å². The summed E-state index contributed by atoms with van der Waals surface area (Å²) in [6.45, 7) is 5.44. The predicted molar refractivity (Wildman–Crippen MR) is 158 cm³/mol. The highest BCUT2D eigenvalue weighted by molar-refractivity contribution is 5.31. The largest absolute Gasteiger partial charge is 0.494 e. The van der Waals surface area contributed by atoms with Crippen molar-refractivity contribution < 1.29 is 9.84 Å². The Balaban J connectivity index is 1.57. The number of hydrogen-bond donors (Lipinski definition) is 1. The van der Waals surface area contributed by atoms with Crippen molar-refractivity contribution in [2.45, 2.75) is 136 Å². The van der Waals surface area contributed by atoms with Crippen molar-refractivity contribution >= 4 is 0 Å². The van der Waals surface area contributed by atoms with Gasteiger partial charge >= 0.3 is 5.69 Å². The number of benzene rings is 1. The van der Waals surface area contributed by atoms with Crippen LogP contribution in [-0.2, 0) is 11.3 Å². The van der Waals surface area contributed by atoms with E-state index in [1.54, 1.807) is 24.3 Å². The Labute approximate surface area is 230 Å².